The molecule has 132 valence electrons. The monoisotopic (exact) mass is 364 g/mol. The lowest BCUT2D eigenvalue weighted by atomic mass is 10.2. The van der Waals surface area contributed by atoms with E-state index in [0.29, 0.717) is 6.04 Å². The Morgan fingerprint density at radius 3 is 2.79 bits per heavy atom. The summed E-state index contributed by atoms with van der Waals surface area (Å²) in [5.74, 6) is 0.893. The van der Waals surface area contributed by atoms with E-state index in [0.717, 1.165) is 44.0 Å². The molecule has 0 saturated heterocycles. The number of thiazole rings is 1. The van der Waals surface area contributed by atoms with Gasteiger partial charge in [0, 0.05) is 47.1 Å². The van der Waals surface area contributed by atoms with Crippen LogP contribution in [0.2, 0.25) is 0 Å². The Kier molecular flexibility index (Phi) is 7.72. The molecule has 0 aromatic carbocycles. The number of rotatable bonds is 8. The van der Waals surface area contributed by atoms with Crippen LogP contribution < -0.4 is 10.6 Å². The Labute approximate surface area is 153 Å². The first-order valence-corrected chi connectivity index (χ1v) is 10.3. The molecule has 0 bridgehead atoms. The summed E-state index contributed by atoms with van der Waals surface area (Å²) in [5.41, 5.74) is 1.15. The minimum Gasteiger partial charge on any atom is -0.357 e. The number of guanidine groups is 1. The van der Waals surface area contributed by atoms with Crippen LogP contribution in [0.15, 0.2) is 22.5 Å². The lowest BCUT2D eigenvalue weighted by molar-refractivity contribution is 0.645. The highest BCUT2D eigenvalue weighted by Crippen LogP contribution is 2.16. The van der Waals surface area contributed by atoms with Crippen molar-refractivity contribution < 1.29 is 0 Å². The minimum absolute atomic E-state index is 0.354. The molecule has 0 radical (unpaired) electrons. The van der Waals surface area contributed by atoms with Crippen LogP contribution in [-0.4, -0.2) is 30.1 Å². The first-order valence-electron chi connectivity index (χ1n) is 8.64. The Bertz CT molecular complexity index is 645. The van der Waals surface area contributed by atoms with Gasteiger partial charge in [-0.25, -0.2) is 4.98 Å². The second-order valence-electron chi connectivity index (χ2n) is 5.86. The van der Waals surface area contributed by atoms with Gasteiger partial charge in [0.25, 0.3) is 0 Å². The van der Waals surface area contributed by atoms with Crippen molar-refractivity contribution in [1.82, 2.24) is 15.6 Å². The van der Waals surface area contributed by atoms with E-state index in [-0.39, 0.29) is 0 Å². The zero-order valence-corrected chi connectivity index (χ0v) is 16.7. The molecule has 0 aliphatic heterocycles. The highest BCUT2D eigenvalue weighted by atomic mass is 32.1. The molecule has 2 rings (SSSR count). The molecular formula is C18H28N4S2. The maximum Gasteiger partial charge on any atom is 0.191 e. The van der Waals surface area contributed by atoms with Gasteiger partial charge in [-0.15, -0.1) is 22.7 Å². The molecule has 2 aromatic rings. The van der Waals surface area contributed by atoms with Crippen LogP contribution in [0.1, 0.15) is 41.2 Å². The predicted octanol–water partition coefficient (Wildman–Crippen LogP) is 3.80. The number of aromatic nitrogens is 1. The fourth-order valence-corrected chi connectivity index (χ4v) is 4.21. The van der Waals surface area contributed by atoms with E-state index in [9.17, 15) is 0 Å². The predicted molar refractivity (Wildman–Crippen MR) is 107 cm³/mol. The van der Waals surface area contributed by atoms with E-state index in [1.54, 1.807) is 11.3 Å². The van der Waals surface area contributed by atoms with E-state index in [1.165, 1.54) is 14.8 Å². The summed E-state index contributed by atoms with van der Waals surface area (Å²) >= 11 is 3.61. The van der Waals surface area contributed by atoms with Crippen LogP contribution in [0, 0.1) is 6.92 Å². The van der Waals surface area contributed by atoms with Crippen molar-refractivity contribution in [1.29, 1.82) is 0 Å². The normalized spacial score (nSPS) is 13.1. The second-order valence-corrected chi connectivity index (χ2v) is 8.17. The highest BCUT2D eigenvalue weighted by Gasteiger charge is 2.08. The Morgan fingerprint density at radius 2 is 2.17 bits per heavy atom. The van der Waals surface area contributed by atoms with Gasteiger partial charge >= 0.3 is 0 Å². The van der Waals surface area contributed by atoms with Crippen molar-refractivity contribution in [2.75, 3.05) is 13.1 Å². The third kappa shape index (κ3) is 6.24. The maximum atomic E-state index is 4.69. The molecule has 2 N–H and O–H groups in total. The lowest BCUT2D eigenvalue weighted by Gasteiger charge is -2.17. The molecule has 1 unspecified atom stereocenters. The summed E-state index contributed by atoms with van der Waals surface area (Å²) in [7, 11) is 0. The van der Waals surface area contributed by atoms with Crippen LogP contribution in [-0.2, 0) is 19.3 Å². The standard InChI is InChI=1S/C18H28N4S2/c1-5-17-22-15(12-23-17)9-10-20-18(19-6-2)21-13(3)11-16-8-7-14(4)24-16/h7-8,12-13H,5-6,9-11H2,1-4H3,(H2,19,20,21). The van der Waals surface area contributed by atoms with Crippen molar-refractivity contribution >= 4 is 28.6 Å². The fraction of sp³-hybridized carbons (Fsp3) is 0.556. The van der Waals surface area contributed by atoms with Gasteiger partial charge < -0.3 is 10.6 Å². The van der Waals surface area contributed by atoms with E-state index in [2.05, 4.69) is 60.8 Å². The van der Waals surface area contributed by atoms with Gasteiger partial charge in [0.15, 0.2) is 5.96 Å². The van der Waals surface area contributed by atoms with Crippen molar-refractivity contribution in [3.05, 3.63) is 38.0 Å². The molecule has 2 heterocycles. The zero-order valence-electron chi connectivity index (χ0n) is 15.1. The largest absolute Gasteiger partial charge is 0.357 e. The van der Waals surface area contributed by atoms with E-state index in [1.807, 2.05) is 11.3 Å². The Hall–Kier alpha value is -1.40. The summed E-state index contributed by atoms with van der Waals surface area (Å²) in [6.07, 6.45) is 2.93. The molecule has 0 saturated carbocycles. The fourth-order valence-electron chi connectivity index (χ4n) is 2.41. The SMILES string of the molecule is CCNC(=NCCc1csc(CC)n1)NC(C)Cc1ccc(C)s1. The van der Waals surface area contributed by atoms with E-state index < -0.39 is 0 Å². The molecule has 1 atom stereocenters. The van der Waals surface area contributed by atoms with Gasteiger partial charge in [-0.3, -0.25) is 4.99 Å². The third-order valence-corrected chi connectivity index (χ3v) is 5.64. The van der Waals surface area contributed by atoms with Crippen molar-refractivity contribution in [3.63, 3.8) is 0 Å². The summed E-state index contributed by atoms with van der Waals surface area (Å²) in [5, 5.41) is 10.2. The minimum atomic E-state index is 0.354. The van der Waals surface area contributed by atoms with E-state index >= 15 is 0 Å². The number of thiophene rings is 1. The molecule has 24 heavy (non-hydrogen) atoms. The molecule has 0 fully saturated rings. The summed E-state index contributed by atoms with van der Waals surface area (Å²) < 4.78 is 0. The first kappa shape index (κ1) is 18.9. The van der Waals surface area contributed by atoms with Crippen LogP contribution in [0.4, 0.5) is 0 Å². The third-order valence-electron chi connectivity index (χ3n) is 3.57. The molecule has 0 aliphatic rings. The Morgan fingerprint density at radius 1 is 1.33 bits per heavy atom. The number of aryl methyl sites for hydroxylation is 2. The average Bonchev–Trinajstić information content (AvgIpc) is 3.16. The van der Waals surface area contributed by atoms with Crippen LogP contribution in [0.5, 0.6) is 0 Å². The van der Waals surface area contributed by atoms with E-state index in [4.69, 9.17) is 4.99 Å². The smallest absolute Gasteiger partial charge is 0.191 e. The maximum absolute atomic E-state index is 4.69. The molecule has 4 nitrogen and oxygen atoms in total. The molecule has 0 aliphatic carbocycles. The van der Waals surface area contributed by atoms with Crippen LogP contribution in [0.3, 0.4) is 0 Å². The van der Waals surface area contributed by atoms with Gasteiger partial charge in [-0.1, -0.05) is 6.92 Å². The molecule has 6 heteroatoms. The average molecular weight is 365 g/mol. The summed E-state index contributed by atoms with van der Waals surface area (Å²) in [6, 6.07) is 4.76. The first-order chi connectivity index (χ1) is 11.6. The van der Waals surface area contributed by atoms with Crippen LogP contribution >= 0.6 is 22.7 Å². The molecule has 0 spiro atoms. The number of hydrogen-bond donors (Lipinski definition) is 2. The molecule has 0 amide bonds. The van der Waals surface area contributed by atoms with Gasteiger partial charge in [-0.2, -0.15) is 0 Å². The number of nitrogens with one attached hydrogen (secondary N) is 2. The van der Waals surface area contributed by atoms with Gasteiger partial charge in [0.1, 0.15) is 0 Å². The topological polar surface area (TPSA) is 49.3 Å². The molecule has 2 aromatic heterocycles. The summed E-state index contributed by atoms with van der Waals surface area (Å²) in [6.45, 7) is 10.2. The van der Waals surface area contributed by atoms with Crippen LogP contribution in [0.25, 0.3) is 0 Å². The van der Waals surface area contributed by atoms with Gasteiger partial charge in [0.2, 0.25) is 0 Å². The Balaban J connectivity index is 1.84. The second kappa shape index (κ2) is 9.79. The number of aliphatic imine (C=N–C) groups is 1. The highest BCUT2D eigenvalue weighted by molar-refractivity contribution is 7.11. The zero-order chi connectivity index (χ0) is 17.4. The van der Waals surface area contributed by atoms with Crippen molar-refractivity contribution in [2.24, 2.45) is 4.99 Å². The summed E-state index contributed by atoms with van der Waals surface area (Å²) in [4.78, 5) is 12.1. The molecular weight excluding hydrogens is 336 g/mol. The number of hydrogen-bond acceptors (Lipinski definition) is 4. The van der Waals surface area contributed by atoms with Gasteiger partial charge in [-0.05, 0) is 39.3 Å². The lowest BCUT2D eigenvalue weighted by Crippen LogP contribution is -2.43. The van der Waals surface area contributed by atoms with Crippen molar-refractivity contribution in [3.8, 4) is 0 Å². The van der Waals surface area contributed by atoms with Gasteiger partial charge in [0.05, 0.1) is 10.7 Å². The number of nitrogens with zero attached hydrogens (tertiary/aromatic N) is 2. The van der Waals surface area contributed by atoms with Crippen molar-refractivity contribution in [2.45, 2.75) is 53.0 Å². The quantitative estimate of drug-likeness (QED) is 0.553.